The number of amides is 1. The van der Waals surface area contributed by atoms with E-state index < -0.39 is 0 Å². The number of aryl methyl sites for hydroxylation is 1. The van der Waals surface area contributed by atoms with E-state index in [1.165, 1.54) is 11.5 Å². The number of ether oxygens (including phenoxy) is 2. The maximum Gasteiger partial charge on any atom is 0.224 e. The van der Waals surface area contributed by atoms with Crippen LogP contribution >= 0.6 is 11.5 Å². The summed E-state index contributed by atoms with van der Waals surface area (Å²) in [5.41, 5.74) is 5.72. The Balaban J connectivity index is 1.90. The lowest BCUT2D eigenvalue weighted by atomic mass is 9.99. The van der Waals surface area contributed by atoms with Crippen molar-refractivity contribution in [1.82, 2.24) is 4.37 Å². The minimum absolute atomic E-state index is 0.103. The van der Waals surface area contributed by atoms with Gasteiger partial charge in [0.2, 0.25) is 5.91 Å². The molecular weight excluding hydrogens is 436 g/mol. The Morgan fingerprint density at radius 2 is 1.73 bits per heavy atom. The Kier molecular flexibility index (Phi) is 8.22. The molecule has 0 atom stereocenters. The smallest absolute Gasteiger partial charge is 0.224 e. The number of hydrogen-bond acceptors (Lipinski definition) is 6. The summed E-state index contributed by atoms with van der Waals surface area (Å²) in [5, 5.41) is 2.90. The molecule has 0 spiro atoms. The molecule has 0 aliphatic carbocycles. The van der Waals surface area contributed by atoms with E-state index in [9.17, 15) is 9.59 Å². The molecule has 1 N–H and O–H groups in total. The van der Waals surface area contributed by atoms with E-state index in [0.29, 0.717) is 17.9 Å². The highest BCUT2D eigenvalue weighted by Crippen LogP contribution is 2.40. The van der Waals surface area contributed by atoms with Crippen LogP contribution in [0.5, 0.6) is 11.5 Å². The van der Waals surface area contributed by atoms with Crippen LogP contribution in [0.2, 0.25) is 0 Å². The first kappa shape index (κ1) is 24.5. The number of methoxy groups -OCH3 is 2. The maximum atomic E-state index is 12.5. The van der Waals surface area contributed by atoms with Gasteiger partial charge in [-0.1, -0.05) is 19.1 Å². The van der Waals surface area contributed by atoms with Crippen LogP contribution in [0.15, 0.2) is 36.5 Å². The van der Waals surface area contributed by atoms with Gasteiger partial charge in [-0.3, -0.25) is 9.59 Å². The van der Waals surface area contributed by atoms with Crippen molar-refractivity contribution in [3.8, 4) is 33.1 Å². The third kappa shape index (κ3) is 5.79. The molecule has 3 rings (SSSR count). The number of anilines is 1. The second kappa shape index (κ2) is 11.1. The molecule has 1 aromatic heterocycles. The number of carbonyl (C=O) groups excluding carboxylic acids is 2. The van der Waals surface area contributed by atoms with Crippen molar-refractivity contribution >= 4 is 28.9 Å². The maximum absolute atomic E-state index is 12.5. The lowest BCUT2D eigenvalue weighted by Gasteiger charge is -2.14. The zero-order valence-electron chi connectivity index (χ0n) is 19.8. The molecule has 0 aliphatic heterocycles. The van der Waals surface area contributed by atoms with Crippen LogP contribution in [-0.2, 0) is 9.59 Å². The second-order valence-electron chi connectivity index (χ2n) is 7.94. The van der Waals surface area contributed by atoms with Gasteiger partial charge in [0, 0.05) is 31.0 Å². The number of benzene rings is 2. The molecular formula is C26H30N2O4S. The first-order valence-electron chi connectivity index (χ1n) is 11.0. The van der Waals surface area contributed by atoms with Crippen molar-refractivity contribution in [1.29, 1.82) is 0 Å². The molecule has 0 aliphatic rings. The Bertz CT molecular complexity index is 1150. The summed E-state index contributed by atoms with van der Waals surface area (Å²) in [7, 11) is 3.24. The van der Waals surface area contributed by atoms with Crippen LogP contribution in [0.4, 0.5) is 5.69 Å². The van der Waals surface area contributed by atoms with E-state index in [0.717, 1.165) is 44.9 Å². The Labute approximate surface area is 199 Å². The molecule has 2 aromatic carbocycles. The molecule has 3 aromatic rings. The van der Waals surface area contributed by atoms with E-state index in [4.69, 9.17) is 9.47 Å². The van der Waals surface area contributed by atoms with E-state index in [2.05, 4.69) is 22.7 Å². The molecule has 1 amide bonds. The van der Waals surface area contributed by atoms with Crippen molar-refractivity contribution in [2.45, 2.75) is 46.5 Å². The van der Waals surface area contributed by atoms with Crippen molar-refractivity contribution in [3.63, 3.8) is 0 Å². The van der Waals surface area contributed by atoms with Gasteiger partial charge < -0.3 is 14.8 Å². The molecule has 174 valence electrons. The van der Waals surface area contributed by atoms with Crippen LogP contribution in [0.1, 0.15) is 43.7 Å². The Hall–Kier alpha value is -3.19. The van der Waals surface area contributed by atoms with Crippen molar-refractivity contribution in [3.05, 3.63) is 47.7 Å². The number of Topliss-reactive ketones (excluding diaryl/α,β-unsaturated/α-hetero) is 1. The van der Waals surface area contributed by atoms with Crippen molar-refractivity contribution in [2.24, 2.45) is 0 Å². The Morgan fingerprint density at radius 1 is 0.970 bits per heavy atom. The zero-order valence-corrected chi connectivity index (χ0v) is 20.6. The van der Waals surface area contributed by atoms with E-state index >= 15 is 0 Å². The normalized spacial score (nSPS) is 10.7. The average molecular weight is 467 g/mol. The number of aromatic nitrogens is 1. The van der Waals surface area contributed by atoms with E-state index in [-0.39, 0.29) is 24.5 Å². The molecule has 0 fully saturated rings. The van der Waals surface area contributed by atoms with Gasteiger partial charge >= 0.3 is 0 Å². The number of carbonyl (C=O) groups is 2. The van der Waals surface area contributed by atoms with Crippen LogP contribution in [0.25, 0.3) is 21.6 Å². The van der Waals surface area contributed by atoms with Gasteiger partial charge in [-0.25, -0.2) is 0 Å². The molecule has 1 heterocycles. The number of hydrogen-bond donors (Lipinski definition) is 1. The summed E-state index contributed by atoms with van der Waals surface area (Å²) in [6.07, 6.45) is 3.52. The van der Waals surface area contributed by atoms with Gasteiger partial charge in [0.15, 0.2) is 0 Å². The van der Waals surface area contributed by atoms with Crippen LogP contribution in [0.3, 0.4) is 0 Å². The molecule has 0 unspecified atom stereocenters. The molecule has 0 saturated carbocycles. The molecule has 0 saturated heterocycles. The largest absolute Gasteiger partial charge is 0.496 e. The number of ketones is 1. The van der Waals surface area contributed by atoms with E-state index in [1.807, 2.05) is 44.3 Å². The van der Waals surface area contributed by atoms with Gasteiger partial charge in [-0.2, -0.15) is 4.37 Å². The standard InChI is InChI=1S/C26H30N2O4S/c1-6-7-20(29)9-11-25(30)28-22-13-18(8-10-23(22)31-4)21-15-27-33-26(21)19-12-16(2)17(3)24(14-19)32-5/h8,10,12-15H,6-7,9,11H2,1-5H3,(H,28,30). The average Bonchev–Trinajstić information content (AvgIpc) is 3.29. The highest BCUT2D eigenvalue weighted by Gasteiger charge is 2.16. The third-order valence-electron chi connectivity index (χ3n) is 5.62. The quantitative estimate of drug-likeness (QED) is 0.385. The molecule has 33 heavy (non-hydrogen) atoms. The fourth-order valence-corrected chi connectivity index (χ4v) is 4.42. The van der Waals surface area contributed by atoms with Crippen molar-refractivity contribution < 1.29 is 19.1 Å². The van der Waals surface area contributed by atoms with Crippen molar-refractivity contribution in [2.75, 3.05) is 19.5 Å². The first-order chi connectivity index (χ1) is 15.9. The summed E-state index contributed by atoms with van der Waals surface area (Å²) in [6, 6.07) is 9.82. The van der Waals surface area contributed by atoms with Crippen LogP contribution in [0, 0.1) is 13.8 Å². The minimum atomic E-state index is -0.211. The first-order valence-corrected chi connectivity index (χ1v) is 11.8. The Morgan fingerprint density at radius 3 is 2.42 bits per heavy atom. The summed E-state index contributed by atoms with van der Waals surface area (Å²) in [5.74, 6) is 1.29. The predicted molar refractivity (Wildman–Crippen MR) is 133 cm³/mol. The molecule has 0 radical (unpaired) electrons. The van der Waals surface area contributed by atoms with Crippen LogP contribution in [-0.4, -0.2) is 30.3 Å². The SMILES string of the molecule is CCCC(=O)CCC(=O)Nc1cc(-c2cnsc2-c2cc(C)c(C)c(OC)c2)ccc1OC. The number of rotatable bonds is 10. The fourth-order valence-electron chi connectivity index (χ4n) is 3.67. The van der Waals surface area contributed by atoms with Crippen LogP contribution < -0.4 is 14.8 Å². The lowest BCUT2D eigenvalue weighted by molar-refractivity contribution is -0.122. The molecule has 0 bridgehead atoms. The summed E-state index contributed by atoms with van der Waals surface area (Å²) >= 11 is 1.42. The fraction of sp³-hybridized carbons (Fsp3) is 0.346. The number of nitrogens with one attached hydrogen (secondary N) is 1. The zero-order chi connectivity index (χ0) is 24.0. The van der Waals surface area contributed by atoms with Gasteiger partial charge in [0.25, 0.3) is 0 Å². The monoisotopic (exact) mass is 466 g/mol. The lowest BCUT2D eigenvalue weighted by Crippen LogP contribution is -2.14. The summed E-state index contributed by atoms with van der Waals surface area (Å²) in [4.78, 5) is 25.3. The van der Waals surface area contributed by atoms with E-state index in [1.54, 1.807) is 14.2 Å². The summed E-state index contributed by atoms with van der Waals surface area (Å²) in [6.45, 7) is 6.06. The topological polar surface area (TPSA) is 77.5 Å². The van der Waals surface area contributed by atoms with Gasteiger partial charge in [-0.05, 0) is 72.3 Å². The van der Waals surface area contributed by atoms with Gasteiger partial charge in [-0.15, -0.1) is 0 Å². The van der Waals surface area contributed by atoms with Gasteiger partial charge in [0.1, 0.15) is 17.3 Å². The molecule has 6 nitrogen and oxygen atoms in total. The van der Waals surface area contributed by atoms with Gasteiger partial charge in [0.05, 0.1) is 24.8 Å². The second-order valence-corrected chi connectivity index (χ2v) is 8.74. The predicted octanol–water partition coefficient (Wildman–Crippen LogP) is 6.20. The molecule has 7 heteroatoms. The third-order valence-corrected chi connectivity index (χ3v) is 6.47. The minimum Gasteiger partial charge on any atom is -0.496 e. The summed E-state index contributed by atoms with van der Waals surface area (Å²) < 4.78 is 15.4. The number of nitrogens with zero attached hydrogens (tertiary/aromatic N) is 1. The highest BCUT2D eigenvalue weighted by atomic mass is 32.1. The highest BCUT2D eigenvalue weighted by molar-refractivity contribution is 7.10.